The van der Waals surface area contributed by atoms with Crippen LogP contribution in [0.25, 0.3) is 0 Å². The van der Waals surface area contributed by atoms with Crippen molar-refractivity contribution < 1.29 is 38.6 Å². The Kier molecular flexibility index (Phi) is 3.98. The van der Waals surface area contributed by atoms with Crippen LogP contribution in [-0.2, 0) is 0 Å². The summed E-state index contributed by atoms with van der Waals surface area (Å²) in [6.07, 6.45) is -0.449. The number of phenolic OH excluding ortho intramolecular Hbond substituents is 2. The van der Waals surface area contributed by atoms with Crippen LogP contribution in [0.2, 0.25) is 0 Å². The van der Waals surface area contributed by atoms with Crippen LogP contribution in [0, 0.1) is 0 Å². The van der Waals surface area contributed by atoms with Gasteiger partial charge in [0, 0.05) is 11.1 Å². The summed E-state index contributed by atoms with van der Waals surface area (Å²) in [5.41, 5.74) is 1.37. The van der Waals surface area contributed by atoms with Crippen LogP contribution in [0.1, 0.15) is 23.1 Å². The lowest BCUT2D eigenvalue weighted by molar-refractivity contribution is 0.132. The maximum absolute atomic E-state index is 10.5. The molecule has 0 saturated heterocycles. The van der Waals surface area contributed by atoms with E-state index in [9.17, 15) is 10.2 Å². The Balaban J connectivity index is 1.87. The van der Waals surface area contributed by atoms with Gasteiger partial charge in [-0.25, -0.2) is 0 Å². The number of aromatic hydroxyl groups is 2. The summed E-state index contributed by atoms with van der Waals surface area (Å²) in [7, 11) is 5.85. The van der Waals surface area contributed by atoms with Crippen LogP contribution in [0.15, 0.2) is 12.1 Å². The van der Waals surface area contributed by atoms with Crippen LogP contribution in [0.5, 0.6) is 46.0 Å². The van der Waals surface area contributed by atoms with Crippen LogP contribution in [0.4, 0.5) is 0 Å². The quantitative estimate of drug-likeness (QED) is 0.841. The molecule has 8 heteroatoms. The van der Waals surface area contributed by atoms with E-state index >= 15 is 0 Å². The summed E-state index contributed by atoms with van der Waals surface area (Å²) in [5, 5.41) is 20.8. The van der Waals surface area contributed by atoms with E-state index in [2.05, 4.69) is 0 Å². The van der Waals surface area contributed by atoms with Crippen molar-refractivity contribution in [3.63, 3.8) is 0 Å². The van der Waals surface area contributed by atoms with Crippen molar-refractivity contribution >= 4 is 0 Å². The second-order valence-electron chi connectivity index (χ2n) is 6.22. The highest BCUT2D eigenvalue weighted by Gasteiger charge is 2.45. The minimum Gasteiger partial charge on any atom is -0.504 e. The van der Waals surface area contributed by atoms with Crippen LogP contribution >= 0.6 is 0 Å². The molecule has 4 rings (SSSR count). The van der Waals surface area contributed by atoms with Gasteiger partial charge >= 0.3 is 0 Å². The van der Waals surface area contributed by atoms with Crippen molar-refractivity contribution in [1.29, 1.82) is 0 Å². The number of benzene rings is 2. The Morgan fingerprint density at radius 1 is 0.852 bits per heavy atom. The Labute approximate surface area is 155 Å². The first-order valence-electron chi connectivity index (χ1n) is 8.30. The number of rotatable bonds is 4. The van der Waals surface area contributed by atoms with Gasteiger partial charge in [-0.15, -0.1) is 0 Å². The number of phenols is 2. The monoisotopic (exact) mass is 376 g/mol. The van der Waals surface area contributed by atoms with Crippen molar-refractivity contribution in [3.05, 3.63) is 23.3 Å². The summed E-state index contributed by atoms with van der Waals surface area (Å²) in [6.45, 7) is 0.253. The van der Waals surface area contributed by atoms with E-state index in [-0.39, 0.29) is 41.3 Å². The molecule has 2 aliphatic heterocycles. The normalized spacial score (nSPS) is 19.1. The minimum atomic E-state index is -0.449. The largest absolute Gasteiger partial charge is 0.504 e. The lowest BCUT2D eigenvalue weighted by Crippen LogP contribution is -2.23. The van der Waals surface area contributed by atoms with E-state index in [0.29, 0.717) is 22.8 Å². The fourth-order valence-electron chi connectivity index (χ4n) is 3.75. The van der Waals surface area contributed by atoms with Crippen LogP contribution < -0.4 is 28.4 Å². The molecule has 2 aromatic carbocycles. The molecule has 8 nitrogen and oxygen atoms in total. The smallest absolute Gasteiger partial charge is 0.207 e. The number of hydrogen-bond donors (Lipinski definition) is 2. The molecule has 0 amide bonds. The first-order chi connectivity index (χ1) is 13.0. The Morgan fingerprint density at radius 3 is 2.19 bits per heavy atom. The topological polar surface area (TPSA) is 95.8 Å². The molecule has 2 aromatic rings. The van der Waals surface area contributed by atoms with Gasteiger partial charge in [-0.2, -0.15) is 0 Å². The van der Waals surface area contributed by atoms with Gasteiger partial charge in [0.1, 0.15) is 6.10 Å². The average Bonchev–Trinajstić information content (AvgIpc) is 3.05. The molecule has 0 aromatic heterocycles. The molecule has 144 valence electrons. The van der Waals surface area contributed by atoms with Crippen molar-refractivity contribution in [2.45, 2.75) is 12.0 Å². The van der Waals surface area contributed by atoms with Gasteiger partial charge in [-0.1, -0.05) is 0 Å². The van der Waals surface area contributed by atoms with E-state index < -0.39 is 6.10 Å². The van der Waals surface area contributed by atoms with Gasteiger partial charge in [-0.05, 0) is 12.1 Å². The van der Waals surface area contributed by atoms with Crippen molar-refractivity contribution in [3.8, 4) is 46.0 Å². The molecule has 0 fully saturated rings. The number of methoxy groups -OCH3 is 4. The van der Waals surface area contributed by atoms with Gasteiger partial charge in [-0.3, -0.25) is 0 Å². The lowest BCUT2D eigenvalue weighted by Gasteiger charge is -2.29. The zero-order valence-corrected chi connectivity index (χ0v) is 15.4. The highest BCUT2D eigenvalue weighted by Crippen LogP contribution is 2.61. The standard InChI is InChI=1S/C19H20O8/c1-22-12-6-9-14-10(7-26-15(9)13(21)18(12)24-3)8-5-11(20)17(23-2)19(25-4)16(8)27-14/h5-6,10,14,20-21H,7H2,1-4H3/t10-,14+/m1/s1. The van der Waals surface area contributed by atoms with Gasteiger partial charge in [0.2, 0.25) is 23.0 Å². The summed E-state index contributed by atoms with van der Waals surface area (Å²) >= 11 is 0. The third-order valence-corrected chi connectivity index (χ3v) is 4.96. The highest BCUT2D eigenvalue weighted by atomic mass is 16.6. The molecule has 0 aliphatic carbocycles. The van der Waals surface area contributed by atoms with E-state index in [1.54, 1.807) is 12.1 Å². The highest BCUT2D eigenvalue weighted by molar-refractivity contribution is 5.68. The van der Waals surface area contributed by atoms with Gasteiger partial charge in [0.05, 0.1) is 41.0 Å². The van der Waals surface area contributed by atoms with E-state index in [1.807, 2.05) is 0 Å². The predicted octanol–water partition coefficient (Wildman–Crippen LogP) is 2.74. The van der Waals surface area contributed by atoms with Crippen LogP contribution in [-0.4, -0.2) is 45.3 Å². The number of fused-ring (bicyclic) bond motifs is 5. The molecular formula is C19H20O8. The molecule has 2 atom stereocenters. The molecule has 0 bridgehead atoms. The summed E-state index contributed by atoms with van der Waals surface area (Å²) in [4.78, 5) is 0. The fourth-order valence-corrected chi connectivity index (χ4v) is 3.75. The minimum absolute atomic E-state index is 0.0432. The summed E-state index contributed by atoms with van der Waals surface area (Å²) in [5.74, 6) is 1.46. The average molecular weight is 376 g/mol. The molecule has 2 heterocycles. The molecule has 2 aliphatic rings. The van der Waals surface area contributed by atoms with E-state index in [1.165, 1.54) is 28.4 Å². The maximum atomic E-state index is 10.5. The first kappa shape index (κ1) is 17.3. The molecular weight excluding hydrogens is 356 g/mol. The van der Waals surface area contributed by atoms with Gasteiger partial charge < -0.3 is 38.6 Å². The maximum Gasteiger partial charge on any atom is 0.207 e. The second-order valence-corrected chi connectivity index (χ2v) is 6.22. The van der Waals surface area contributed by atoms with Gasteiger partial charge in [0.25, 0.3) is 0 Å². The van der Waals surface area contributed by atoms with E-state index in [4.69, 9.17) is 28.4 Å². The SMILES string of the molecule is COc1cc2c(c(O)c1OC)OC[C@@H]1c3cc(O)c(OC)c(OC)c3O[C@@H]21. The molecule has 0 radical (unpaired) electrons. The third kappa shape index (κ3) is 2.29. The molecule has 0 spiro atoms. The fraction of sp³-hybridized carbons (Fsp3) is 0.368. The molecule has 0 unspecified atom stereocenters. The van der Waals surface area contributed by atoms with Crippen molar-refractivity contribution in [2.24, 2.45) is 0 Å². The van der Waals surface area contributed by atoms with E-state index in [0.717, 1.165) is 5.56 Å². The second kappa shape index (κ2) is 6.22. The molecule has 27 heavy (non-hydrogen) atoms. The summed E-state index contributed by atoms with van der Waals surface area (Å²) in [6, 6.07) is 3.32. The van der Waals surface area contributed by atoms with Gasteiger partial charge in [0.15, 0.2) is 23.0 Å². The zero-order valence-electron chi connectivity index (χ0n) is 15.4. The third-order valence-electron chi connectivity index (χ3n) is 4.96. The molecule has 2 N–H and O–H groups in total. The molecule has 0 saturated carbocycles. The Hall–Kier alpha value is -3.16. The Bertz CT molecular complexity index is 908. The lowest BCUT2D eigenvalue weighted by atomic mass is 9.88. The van der Waals surface area contributed by atoms with Crippen molar-refractivity contribution in [2.75, 3.05) is 35.0 Å². The summed E-state index contributed by atoms with van der Waals surface area (Å²) < 4.78 is 33.2. The number of ether oxygens (including phenoxy) is 6. The first-order valence-corrected chi connectivity index (χ1v) is 8.30. The predicted molar refractivity (Wildman–Crippen MR) is 94.0 cm³/mol. The van der Waals surface area contributed by atoms with Crippen LogP contribution in [0.3, 0.4) is 0 Å². The van der Waals surface area contributed by atoms with Crippen molar-refractivity contribution in [1.82, 2.24) is 0 Å². The Morgan fingerprint density at radius 2 is 1.56 bits per heavy atom. The zero-order chi connectivity index (χ0) is 19.3. The number of hydrogen-bond acceptors (Lipinski definition) is 8.